The molecule has 4 nitrogen and oxygen atoms in total. The fourth-order valence-electron chi connectivity index (χ4n) is 2.65. The van der Waals surface area contributed by atoms with Crippen LogP contribution >= 0.6 is 0 Å². The van der Waals surface area contributed by atoms with Crippen molar-refractivity contribution in [3.05, 3.63) is 47.0 Å². The Balaban J connectivity index is 2.17. The molecule has 0 unspecified atom stereocenters. The highest BCUT2D eigenvalue weighted by Gasteiger charge is 2.36. The van der Waals surface area contributed by atoms with Crippen LogP contribution < -0.4 is 0 Å². The van der Waals surface area contributed by atoms with E-state index in [1.807, 2.05) is 30.5 Å². The van der Waals surface area contributed by atoms with Crippen LogP contribution in [-0.2, 0) is 11.2 Å². The van der Waals surface area contributed by atoms with E-state index in [9.17, 15) is 4.79 Å². The first kappa shape index (κ1) is 12.9. The van der Waals surface area contributed by atoms with Crippen LogP contribution in [0.3, 0.4) is 0 Å². The van der Waals surface area contributed by atoms with E-state index in [2.05, 4.69) is 24.9 Å². The van der Waals surface area contributed by atoms with Crippen molar-refractivity contribution in [3.8, 4) is 5.69 Å². The Kier molecular flexibility index (Phi) is 2.71. The Labute approximate surface area is 118 Å². The van der Waals surface area contributed by atoms with Gasteiger partial charge in [0.05, 0.1) is 11.4 Å². The minimum atomic E-state index is -0.481. The van der Waals surface area contributed by atoms with Gasteiger partial charge < -0.3 is 4.74 Å². The summed E-state index contributed by atoms with van der Waals surface area (Å²) in [6.45, 7) is 7.92. The number of carbonyl (C=O) groups is 1. The summed E-state index contributed by atoms with van der Waals surface area (Å²) in [5.41, 5.74) is 4.20. The van der Waals surface area contributed by atoms with E-state index in [1.54, 1.807) is 6.33 Å². The number of aromatic nitrogens is 2. The molecule has 0 N–H and O–H groups in total. The van der Waals surface area contributed by atoms with Gasteiger partial charge in [-0.25, -0.2) is 9.78 Å². The zero-order valence-electron chi connectivity index (χ0n) is 12.2. The van der Waals surface area contributed by atoms with Gasteiger partial charge in [-0.1, -0.05) is 12.1 Å². The first-order chi connectivity index (χ1) is 9.39. The number of rotatable bonds is 1. The molecule has 2 aromatic rings. The molecule has 0 atom stereocenters. The molecule has 0 radical (unpaired) electrons. The van der Waals surface area contributed by atoms with Gasteiger partial charge in [0, 0.05) is 6.42 Å². The van der Waals surface area contributed by atoms with Crippen LogP contribution in [-0.4, -0.2) is 21.1 Å². The average molecular weight is 270 g/mol. The van der Waals surface area contributed by atoms with Gasteiger partial charge in [-0.2, -0.15) is 0 Å². The normalized spacial score (nSPS) is 16.7. The number of cyclic esters (lactones) is 1. The highest BCUT2D eigenvalue weighted by atomic mass is 16.6. The molecule has 0 aliphatic carbocycles. The summed E-state index contributed by atoms with van der Waals surface area (Å²) in [5.74, 6) is -0.297. The summed E-state index contributed by atoms with van der Waals surface area (Å²) in [4.78, 5) is 16.7. The third-order valence-electron chi connectivity index (χ3n) is 3.83. The summed E-state index contributed by atoms with van der Waals surface area (Å²) in [7, 11) is 0. The van der Waals surface area contributed by atoms with E-state index in [-0.39, 0.29) is 5.97 Å². The minimum Gasteiger partial charge on any atom is -0.455 e. The lowest BCUT2D eigenvalue weighted by Crippen LogP contribution is -2.36. The number of carbonyl (C=O) groups excluding carboxylic acids is 1. The van der Waals surface area contributed by atoms with Gasteiger partial charge >= 0.3 is 5.97 Å². The maximum atomic E-state index is 12.3. The standard InChI is InChI=1S/C16H18N2O2/c1-10-6-5-7-13(11(10)2)18-9-17-12-8-16(3,4)20-15(19)14(12)18/h5-7,9H,8H2,1-4H3. The van der Waals surface area contributed by atoms with Crippen LogP contribution in [0.1, 0.15) is 41.2 Å². The second-order valence-electron chi connectivity index (χ2n) is 5.95. The van der Waals surface area contributed by atoms with Gasteiger partial charge in [0.2, 0.25) is 0 Å². The molecular formula is C16H18N2O2. The van der Waals surface area contributed by atoms with Crippen molar-refractivity contribution in [2.24, 2.45) is 0 Å². The third kappa shape index (κ3) is 1.92. The fraction of sp³-hybridized carbons (Fsp3) is 0.375. The van der Waals surface area contributed by atoms with Crippen molar-refractivity contribution < 1.29 is 9.53 Å². The Morgan fingerprint density at radius 1 is 1.30 bits per heavy atom. The molecule has 3 rings (SSSR count). The molecule has 0 fully saturated rings. The number of imidazole rings is 1. The number of nitrogens with zero attached hydrogens (tertiary/aromatic N) is 2. The van der Waals surface area contributed by atoms with Crippen molar-refractivity contribution >= 4 is 5.97 Å². The molecule has 1 aliphatic heterocycles. The smallest absolute Gasteiger partial charge is 0.357 e. The van der Waals surface area contributed by atoms with Crippen molar-refractivity contribution in [3.63, 3.8) is 0 Å². The number of esters is 1. The monoisotopic (exact) mass is 270 g/mol. The van der Waals surface area contributed by atoms with E-state index in [1.165, 1.54) is 5.56 Å². The van der Waals surface area contributed by atoms with Gasteiger partial charge in [0.15, 0.2) is 5.69 Å². The summed E-state index contributed by atoms with van der Waals surface area (Å²) in [5, 5.41) is 0. The van der Waals surface area contributed by atoms with E-state index in [4.69, 9.17) is 4.74 Å². The summed E-state index contributed by atoms with van der Waals surface area (Å²) in [6.07, 6.45) is 2.36. The zero-order valence-corrected chi connectivity index (χ0v) is 12.2. The average Bonchev–Trinajstić information content (AvgIpc) is 2.74. The first-order valence-corrected chi connectivity index (χ1v) is 6.75. The molecule has 104 valence electrons. The zero-order chi connectivity index (χ0) is 14.5. The van der Waals surface area contributed by atoms with Gasteiger partial charge in [-0.05, 0) is 44.9 Å². The topological polar surface area (TPSA) is 44.1 Å². The van der Waals surface area contributed by atoms with E-state index in [0.717, 1.165) is 16.9 Å². The molecule has 0 spiro atoms. The van der Waals surface area contributed by atoms with Crippen LogP contribution in [0.5, 0.6) is 0 Å². The Morgan fingerprint density at radius 3 is 2.80 bits per heavy atom. The molecule has 0 bridgehead atoms. The summed E-state index contributed by atoms with van der Waals surface area (Å²) < 4.78 is 7.33. The maximum Gasteiger partial charge on any atom is 0.357 e. The van der Waals surface area contributed by atoms with Crippen LogP contribution in [0.2, 0.25) is 0 Å². The Bertz CT molecular complexity index is 698. The largest absolute Gasteiger partial charge is 0.455 e. The molecule has 20 heavy (non-hydrogen) atoms. The first-order valence-electron chi connectivity index (χ1n) is 6.75. The van der Waals surface area contributed by atoms with Gasteiger partial charge in [-0.3, -0.25) is 4.57 Å². The lowest BCUT2D eigenvalue weighted by molar-refractivity contribution is -0.00795. The second kappa shape index (κ2) is 4.20. The van der Waals surface area contributed by atoms with Gasteiger partial charge in [-0.15, -0.1) is 0 Å². The Hall–Kier alpha value is -2.10. The van der Waals surface area contributed by atoms with Crippen LogP contribution in [0.15, 0.2) is 24.5 Å². The molecular weight excluding hydrogens is 252 g/mol. The van der Waals surface area contributed by atoms with Gasteiger partial charge in [0.25, 0.3) is 0 Å². The van der Waals surface area contributed by atoms with Crippen LogP contribution in [0, 0.1) is 13.8 Å². The SMILES string of the molecule is Cc1cccc(-n2cnc3c2C(=O)OC(C)(C)C3)c1C. The second-order valence-corrected chi connectivity index (χ2v) is 5.95. The molecule has 1 aromatic heterocycles. The number of hydrogen-bond acceptors (Lipinski definition) is 3. The number of aryl methyl sites for hydroxylation is 1. The molecule has 4 heteroatoms. The molecule has 0 saturated carbocycles. The molecule has 1 aromatic carbocycles. The molecule has 2 heterocycles. The third-order valence-corrected chi connectivity index (χ3v) is 3.83. The lowest BCUT2D eigenvalue weighted by Gasteiger charge is -2.29. The molecule has 0 saturated heterocycles. The highest BCUT2D eigenvalue weighted by molar-refractivity contribution is 5.91. The quantitative estimate of drug-likeness (QED) is 0.748. The molecule has 0 amide bonds. The van der Waals surface area contributed by atoms with E-state index >= 15 is 0 Å². The summed E-state index contributed by atoms with van der Waals surface area (Å²) in [6, 6.07) is 6.04. The lowest BCUT2D eigenvalue weighted by atomic mass is 9.98. The van der Waals surface area contributed by atoms with Crippen molar-refractivity contribution in [2.75, 3.05) is 0 Å². The number of hydrogen-bond donors (Lipinski definition) is 0. The van der Waals surface area contributed by atoms with E-state index < -0.39 is 5.60 Å². The molecule has 1 aliphatic rings. The maximum absolute atomic E-state index is 12.3. The van der Waals surface area contributed by atoms with E-state index in [0.29, 0.717) is 12.1 Å². The van der Waals surface area contributed by atoms with Gasteiger partial charge in [0.1, 0.15) is 11.9 Å². The number of benzene rings is 1. The minimum absolute atomic E-state index is 0.297. The van der Waals surface area contributed by atoms with Crippen molar-refractivity contribution in [2.45, 2.75) is 39.7 Å². The summed E-state index contributed by atoms with van der Waals surface area (Å²) >= 11 is 0. The highest BCUT2D eigenvalue weighted by Crippen LogP contribution is 2.29. The number of ether oxygens (including phenoxy) is 1. The predicted octanol–water partition coefficient (Wildman–Crippen LogP) is 2.98. The predicted molar refractivity (Wildman–Crippen MR) is 76.2 cm³/mol. The fourth-order valence-corrected chi connectivity index (χ4v) is 2.65. The van der Waals surface area contributed by atoms with Crippen LogP contribution in [0.25, 0.3) is 5.69 Å². The van der Waals surface area contributed by atoms with Crippen molar-refractivity contribution in [1.82, 2.24) is 9.55 Å². The Morgan fingerprint density at radius 2 is 2.05 bits per heavy atom. The van der Waals surface area contributed by atoms with Crippen molar-refractivity contribution in [1.29, 1.82) is 0 Å². The van der Waals surface area contributed by atoms with Crippen LogP contribution in [0.4, 0.5) is 0 Å². The number of fused-ring (bicyclic) bond motifs is 1.